The molecular formula is C32H33N7O. The third kappa shape index (κ3) is 4.86. The number of para-hydroxylation sites is 1. The molecule has 2 aliphatic rings. The monoisotopic (exact) mass is 531 g/mol. The number of fused-ring (bicyclic) bond motifs is 3. The van der Waals surface area contributed by atoms with E-state index in [0.717, 1.165) is 60.5 Å². The van der Waals surface area contributed by atoms with Gasteiger partial charge in [0.2, 0.25) is 5.95 Å². The average molecular weight is 532 g/mol. The van der Waals surface area contributed by atoms with Crippen LogP contribution in [-0.4, -0.2) is 62.6 Å². The zero-order valence-electron chi connectivity index (χ0n) is 22.6. The van der Waals surface area contributed by atoms with Gasteiger partial charge in [-0.15, -0.1) is 0 Å². The van der Waals surface area contributed by atoms with Gasteiger partial charge in [0.15, 0.2) is 0 Å². The third-order valence-electron chi connectivity index (χ3n) is 8.09. The van der Waals surface area contributed by atoms with E-state index in [1.807, 2.05) is 61.1 Å². The standard InChI is InChI=1S/C32H33N7O/c1-23(24-8-4-2-5-9-24)35-30-18-25(12-13-33-30)29-20-31-34-14-15-38(31)32(36-29)39-22-26-19-27(39)21-37(26)16-17-40-28-10-6-3-7-11-28/h2-15,18,20,23,26-27H,16-17,19,21-22H2,1H3,(H,33,35). The molecule has 8 heteroatoms. The van der Waals surface area contributed by atoms with Crippen molar-refractivity contribution in [3.8, 4) is 17.0 Å². The maximum Gasteiger partial charge on any atom is 0.212 e. The molecule has 5 aromatic rings. The smallest absolute Gasteiger partial charge is 0.212 e. The Balaban J connectivity index is 1.08. The lowest BCUT2D eigenvalue weighted by atomic mass is 10.1. The van der Waals surface area contributed by atoms with Gasteiger partial charge >= 0.3 is 0 Å². The number of imidazole rings is 1. The lowest BCUT2D eigenvalue weighted by molar-refractivity contribution is 0.187. The van der Waals surface area contributed by atoms with Crippen LogP contribution in [0.15, 0.2) is 97.5 Å². The van der Waals surface area contributed by atoms with E-state index in [9.17, 15) is 0 Å². The zero-order valence-corrected chi connectivity index (χ0v) is 22.6. The van der Waals surface area contributed by atoms with Crippen LogP contribution in [0.2, 0.25) is 0 Å². The summed E-state index contributed by atoms with van der Waals surface area (Å²) in [6, 6.07) is 27.7. The predicted octanol–water partition coefficient (Wildman–Crippen LogP) is 5.31. The Bertz CT molecular complexity index is 1590. The molecule has 8 nitrogen and oxygen atoms in total. The zero-order chi connectivity index (χ0) is 26.9. The molecule has 2 bridgehead atoms. The summed E-state index contributed by atoms with van der Waals surface area (Å²) < 4.78 is 8.08. The van der Waals surface area contributed by atoms with E-state index in [1.54, 1.807) is 0 Å². The quantitative estimate of drug-likeness (QED) is 0.277. The number of nitrogens with one attached hydrogen (secondary N) is 1. The molecule has 40 heavy (non-hydrogen) atoms. The van der Waals surface area contributed by atoms with Gasteiger partial charge < -0.3 is 15.0 Å². The van der Waals surface area contributed by atoms with Crippen LogP contribution in [0.5, 0.6) is 5.75 Å². The van der Waals surface area contributed by atoms with Crippen LogP contribution in [0.3, 0.4) is 0 Å². The van der Waals surface area contributed by atoms with Crippen molar-refractivity contribution in [1.82, 2.24) is 24.3 Å². The summed E-state index contributed by atoms with van der Waals surface area (Å²) in [7, 11) is 0. The van der Waals surface area contributed by atoms with E-state index in [1.165, 1.54) is 5.56 Å². The van der Waals surface area contributed by atoms with Crippen LogP contribution < -0.4 is 15.0 Å². The van der Waals surface area contributed by atoms with Crippen LogP contribution in [0.4, 0.5) is 11.8 Å². The Labute approximate surface area is 234 Å². The Morgan fingerprint density at radius 2 is 1.75 bits per heavy atom. The van der Waals surface area contributed by atoms with Crippen molar-refractivity contribution in [2.75, 3.05) is 36.5 Å². The number of likely N-dealkylation sites (tertiary alicyclic amines) is 1. The van der Waals surface area contributed by atoms with Crippen LogP contribution >= 0.6 is 0 Å². The first-order valence-corrected chi connectivity index (χ1v) is 14.0. The Hall–Kier alpha value is -4.43. The number of piperazine rings is 1. The van der Waals surface area contributed by atoms with Gasteiger partial charge in [0.1, 0.15) is 23.8 Å². The van der Waals surface area contributed by atoms with Crippen molar-refractivity contribution < 1.29 is 4.74 Å². The van der Waals surface area contributed by atoms with Crippen molar-refractivity contribution in [2.45, 2.75) is 31.5 Å². The second kappa shape index (κ2) is 10.6. The minimum atomic E-state index is 0.142. The fourth-order valence-electron chi connectivity index (χ4n) is 6.04. The van der Waals surface area contributed by atoms with E-state index in [2.05, 4.69) is 72.8 Å². The highest BCUT2D eigenvalue weighted by Gasteiger charge is 2.44. The summed E-state index contributed by atoms with van der Waals surface area (Å²) in [5, 5.41) is 3.54. The van der Waals surface area contributed by atoms with E-state index >= 15 is 0 Å². The molecule has 3 unspecified atom stereocenters. The largest absolute Gasteiger partial charge is 0.492 e. The molecular weight excluding hydrogens is 498 g/mol. The van der Waals surface area contributed by atoms with Gasteiger partial charge in [-0.25, -0.2) is 15.0 Å². The molecule has 7 rings (SSSR count). The van der Waals surface area contributed by atoms with Crippen molar-refractivity contribution in [3.63, 3.8) is 0 Å². The molecule has 5 heterocycles. The predicted molar refractivity (Wildman–Crippen MR) is 158 cm³/mol. The number of benzene rings is 2. The second-order valence-corrected chi connectivity index (χ2v) is 10.7. The number of pyridine rings is 1. The minimum absolute atomic E-state index is 0.142. The summed E-state index contributed by atoms with van der Waals surface area (Å²) in [6.45, 7) is 5.76. The first-order valence-electron chi connectivity index (χ1n) is 14.0. The summed E-state index contributed by atoms with van der Waals surface area (Å²) >= 11 is 0. The van der Waals surface area contributed by atoms with Crippen molar-refractivity contribution >= 4 is 17.4 Å². The number of anilines is 2. The molecule has 2 aliphatic heterocycles. The van der Waals surface area contributed by atoms with Crippen molar-refractivity contribution in [3.05, 3.63) is 103 Å². The van der Waals surface area contributed by atoms with Crippen LogP contribution in [0.25, 0.3) is 16.9 Å². The highest BCUT2D eigenvalue weighted by atomic mass is 16.5. The number of rotatable bonds is 9. The molecule has 1 N–H and O–H groups in total. The van der Waals surface area contributed by atoms with E-state index in [4.69, 9.17) is 9.72 Å². The molecule has 2 saturated heterocycles. The topological polar surface area (TPSA) is 70.8 Å². The Kier molecular flexibility index (Phi) is 6.53. The number of ether oxygens (including phenoxy) is 1. The fraction of sp³-hybridized carbons (Fsp3) is 0.281. The summed E-state index contributed by atoms with van der Waals surface area (Å²) in [5.41, 5.74) is 4.05. The molecule has 3 atom stereocenters. The maximum atomic E-state index is 5.97. The van der Waals surface area contributed by atoms with Gasteiger partial charge in [0, 0.05) is 68.0 Å². The average Bonchev–Trinajstić information content (AvgIpc) is 3.74. The van der Waals surface area contributed by atoms with E-state index in [-0.39, 0.29) is 6.04 Å². The first-order chi connectivity index (χ1) is 19.7. The fourth-order valence-corrected chi connectivity index (χ4v) is 6.04. The van der Waals surface area contributed by atoms with E-state index < -0.39 is 0 Å². The van der Waals surface area contributed by atoms with Gasteiger partial charge in [0.25, 0.3) is 0 Å². The van der Waals surface area contributed by atoms with E-state index in [0.29, 0.717) is 18.7 Å². The molecule has 2 aromatic carbocycles. The van der Waals surface area contributed by atoms with Gasteiger partial charge in [-0.3, -0.25) is 9.30 Å². The van der Waals surface area contributed by atoms with Crippen molar-refractivity contribution in [2.24, 2.45) is 0 Å². The van der Waals surface area contributed by atoms with Gasteiger partial charge in [-0.05, 0) is 43.2 Å². The maximum absolute atomic E-state index is 5.97. The molecule has 0 saturated carbocycles. The second-order valence-electron chi connectivity index (χ2n) is 10.7. The normalized spacial score (nSPS) is 19.3. The van der Waals surface area contributed by atoms with Crippen molar-refractivity contribution in [1.29, 1.82) is 0 Å². The third-order valence-corrected chi connectivity index (χ3v) is 8.09. The number of nitrogens with zero attached hydrogens (tertiary/aromatic N) is 6. The van der Waals surface area contributed by atoms with Gasteiger partial charge in [-0.1, -0.05) is 48.5 Å². The molecule has 0 amide bonds. The van der Waals surface area contributed by atoms with Crippen LogP contribution in [-0.2, 0) is 0 Å². The lowest BCUT2D eigenvalue weighted by Gasteiger charge is -2.35. The number of hydrogen-bond donors (Lipinski definition) is 1. The summed E-state index contributed by atoms with van der Waals surface area (Å²) in [6.07, 6.45) is 6.86. The highest BCUT2D eigenvalue weighted by molar-refractivity contribution is 5.68. The SMILES string of the molecule is CC(Nc1cc(-c2cc3nccn3c(N3CC4CC3CN4CCOc3ccccc3)n2)ccn1)c1ccccc1. The molecule has 0 radical (unpaired) electrons. The Morgan fingerprint density at radius 1 is 0.925 bits per heavy atom. The molecule has 202 valence electrons. The lowest BCUT2D eigenvalue weighted by Crippen LogP contribution is -2.48. The number of hydrogen-bond acceptors (Lipinski definition) is 7. The minimum Gasteiger partial charge on any atom is -0.492 e. The van der Waals surface area contributed by atoms with Crippen LogP contribution in [0.1, 0.15) is 24.9 Å². The highest BCUT2D eigenvalue weighted by Crippen LogP contribution is 2.35. The molecule has 0 spiro atoms. The van der Waals surface area contributed by atoms with Crippen LogP contribution in [0, 0.1) is 0 Å². The van der Waals surface area contributed by atoms with Gasteiger partial charge in [0.05, 0.1) is 5.69 Å². The molecule has 2 fully saturated rings. The number of aromatic nitrogens is 4. The molecule has 3 aromatic heterocycles. The summed E-state index contributed by atoms with van der Waals surface area (Å²) in [5.74, 6) is 2.72. The summed E-state index contributed by atoms with van der Waals surface area (Å²) in [4.78, 5) is 19.4. The first kappa shape index (κ1) is 24.6. The Morgan fingerprint density at radius 3 is 2.55 bits per heavy atom. The molecule has 0 aliphatic carbocycles. The van der Waals surface area contributed by atoms with Gasteiger partial charge in [-0.2, -0.15) is 0 Å².